The predicted molar refractivity (Wildman–Crippen MR) is 119 cm³/mol. The van der Waals surface area contributed by atoms with Gasteiger partial charge in [0.15, 0.2) is 0 Å². The number of carbonyl (C=O) groups is 1. The summed E-state index contributed by atoms with van der Waals surface area (Å²) >= 11 is 1.50. The molecule has 156 valence electrons. The highest BCUT2D eigenvalue weighted by molar-refractivity contribution is 8.00. The molecule has 7 heteroatoms. The van der Waals surface area contributed by atoms with Gasteiger partial charge in [0.2, 0.25) is 15.9 Å². The minimum Gasteiger partial charge on any atom is -0.325 e. The Labute approximate surface area is 177 Å². The number of fused-ring (bicyclic) bond motifs is 1. The third-order valence-electron chi connectivity index (χ3n) is 5.27. The first-order valence-corrected chi connectivity index (χ1v) is 12.4. The van der Waals surface area contributed by atoms with Gasteiger partial charge in [-0.05, 0) is 67.1 Å². The van der Waals surface area contributed by atoms with Crippen LogP contribution in [0.5, 0.6) is 0 Å². The van der Waals surface area contributed by atoms with Crippen LogP contribution in [-0.4, -0.2) is 37.5 Å². The van der Waals surface area contributed by atoms with E-state index in [-0.39, 0.29) is 16.6 Å². The number of nitrogens with zero attached hydrogens (tertiary/aromatic N) is 1. The second-order valence-electron chi connectivity index (χ2n) is 7.19. The quantitative estimate of drug-likeness (QED) is 0.634. The van der Waals surface area contributed by atoms with E-state index in [1.165, 1.54) is 33.6 Å². The van der Waals surface area contributed by atoms with Gasteiger partial charge in [-0.2, -0.15) is 4.31 Å². The standard InChI is InChI=1S/C22H28N2O3S2/c1-4-24(5-2)29(26,27)20-12-9-16(3)21(14-20)23-22(25)15-28-19-11-10-17-7-6-8-18(17)13-19/h9-14H,4-8,15H2,1-3H3,(H,23,25). The SMILES string of the molecule is CCN(CC)S(=O)(=O)c1ccc(C)c(NC(=O)CSc2ccc3c(c2)CCC3)c1. The molecule has 5 nitrogen and oxygen atoms in total. The first-order chi connectivity index (χ1) is 13.8. The average molecular weight is 433 g/mol. The molecule has 1 aliphatic rings. The summed E-state index contributed by atoms with van der Waals surface area (Å²) < 4.78 is 26.9. The van der Waals surface area contributed by atoms with E-state index in [9.17, 15) is 13.2 Å². The zero-order valence-electron chi connectivity index (χ0n) is 17.2. The van der Waals surface area contributed by atoms with Crippen molar-refractivity contribution in [2.75, 3.05) is 24.2 Å². The highest BCUT2D eigenvalue weighted by Gasteiger charge is 2.22. The van der Waals surface area contributed by atoms with E-state index in [0.29, 0.717) is 18.8 Å². The molecule has 2 aromatic carbocycles. The van der Waals surface area contributed by atoms with Crippen molar-refractivity contribution in [1.29, 1.82) is 0 Å². The van der Waals surface area contributed by atoms with E-state index in [1.807, 2.05) is 20.8 Å². The van der Waals surface area contributed by atoms with Crippen LogP contribution in [-0.2, 0) is 27.7 Å². The van der Waals surface area contributed by atoms with Crippen molar-refractivity contribution in [3.05, 3.63) is 53.1 Å². The Kier molecular flexibility index (Phi) is 7.03. The van der Waals surface area contributed by atoms with Crippen molar-refractivity contribution < 1.29 is 13.2 Å². The Morgan fingerprint density at radius 1 is 1.07 bits per heavy atom. The lowest BCUT2D eigenvalue weighted by molar-refractivity contribution is -0.113. The minimum atomic E-state index is -3.56. The van der Waals surface area contributed by atoms with Crippen LogP contribution in [0.4, 0.5) is 5.69 Å². The summed E-state index contributed by atoms with van der Waals surface area (Å²) in [6, 6.07) is 11.3. The maximum absolute atomic E-state index is 12.8. The van der Waals surface area contributed by atoms with Crippen molar-refractivity contribution in [3.63, 3.8) is 0 Å². The third kappa shape index (κ3) is 5.02. The molecule has 0 saturated carbocycles. The van der Waals surface area contributed by atoms with E-state index in [4.69, 9.17) is 0 Å². The largest absolute Gasteiger partial charge is 0.325 e. The van der Waals surface area contributed by atoms with Crippen LogP contribution in [0.3, 0.4) is 0 Å². The van der Waals surface area contributed by atoms with Gasteiger partial charge < -0.3 is 5.32 Å². The number of hydrogen-bond acceptors (Lipinski definition) is 4. The Balaban J connectivity index is 1.68. The summed E-state index contributed by atoms with van der Waals surface area (Å²) in [6.45, 7) is 6.30. The summed E-state index contributed by atoms with van der Waals surface area (Å²) in [6.07, 6.45) is 3.46. The number of hydrogen-bond donors (Lipinski definition) is 1. The highest BCUT2D eigenvalue weighted by Crippen LogP contribution is 2.28. The van der Waals surface area contributed by atoms with Gasteiger partial charge in [0.05, 0.1) is 10.6 Å². The van der Waals surface area contributed by atoms with Gasteiger partial charge in [0.1, 0.15) is 0 Å². The Morgan fingerprint density at radius 3 is 2.52 bits per heavy atom. The molecule has 1 aliphatic carbocycles. The number of sulfonamides is 1. The van der Waals surface area contributed by atoms with Gasteiger partial charge in [-0.3, -0.25) is 4.79 Å². The fourth-order valence-corrected chi connectivity index (χ4v) is 5.83. The summed E-state index contributed by atoms with van der Waals surface area (Å²) in [5.41, 5.74) is 4.18. The first-order valence-electron chi connectivity index (χ1n) is 10.0. The number of anilines is 1. The van der Waals surface area contributed by atoms with Gasteiger partial charge in [-0.25, -0.2) is 8.42 Å². The molecule has 2 aromatic rings. The van der Waals surface area contributed by atoms with Gasteiger partial charge in [-0.1, -0.05) is 26.0 Å². The molecule has 0 saturated heterocycles. The molecular weight excluding hydrogens is 404 g/mol. The van der Waals surface area contributed by atoms with Crippen molar-refractivity contribution in [2.45, 2.75) is 49.8 Å². The monoisotopic (exact) mass is 432 g/mol. The zero-order valence-corrected chi connectivity index (χ0v) is 18.8. The Morgan fingerprint density at radius 2 is 1.79 bits per heavy atom. The van der Waals surface area contributed by atoms with Crippen molar-refractivity contribution in [1.82, 2.24) is 4.31 Å². The van der Waals surface area contributed by atoms with Gasteiger partial charge in [-0.15, -0.1) is 11.8 Å². The van der Waals surface area contributed by atoms with Crippen LogP contribution < -0.4 is 5.32 Å². The molecule has 29 heavy (non-hydrogen) atoms. The fourth-order valence-electron chi connectivity index (χ4n) is 3.58. The molecule has 0 bridgehead atoms. The van der Waals surface area contributed by atoms with Crippen LogP contribution >= 0.6 is 11.8 Å². The van der Waals surface area contributed by atoms with E-state index in [0.717, 1.165) is 23.3 Å². The van der Waals surface area contributed by atoms with Gasteiger partial charge in [0.25, 0.3) is 0 Å². The number of nitrogens with one attached hydrogen (secondary N) is 1. The summed E-state index contributed by atoms with van der Waals surface area (Å²) in [7, 11) is -3.56. The van der Waals surface area contributed by atoms with Crippen molar-refractivity contribution in [3.8, 4) is 0 Å². The average Bonchev–Trinajstić information content (AvgIpc) is 3.16. The van der Waals surface area contributed by atoms with Gasteiger partial charge in [0, 0.05) is 23.7 Å². The molecule has 0 spiro atoms. The number of thioether (sulfide) groups is 1. The van der Waals surface area contributed by atoms with E-state index < -0.39 is 10.0 Å². The van der Waals surface area contributed by atoms with Crippen LogP contribution in [0.1, 0.15) is 37.0 Å². The second kappa shape index (κ2) is 9.32. The van der Waals surface area contributed by atoms with Crippen LogP contribution in [0.15, 0.2) is 46.2 Å². The van der Waals surface area contributed by atoms with Crippen LogP contribution in [0, 0.1) is 6.92 Å². The highest BCUT2D eigenvalue weighted by atomic mass is 32.2. The lowest BCUT2D eigenvalue weighted by Crippen LogP contribution is -2.30. The van der Waals surface area contributed by atoms with E-state index >= 15 is 0 Å². The molecule has 1 N–H and O–H groups in total. The Hall–Kier alpha value is -1.83. The topological polar surface area (TPSA) is 66.5 Å². The number of rotatable bonds is 8. The van der Waals surface area contributed by atoms with Gasteiger partial charge >= 0.3 is 0 Å². The molecule has 0 atom stereocenters. The maximum atomic E-state index is 12.8. The molecule has 0 aliphatic heterocycles. The molecule has 1 amide bonds. The summed E-state index contributed by atoms with van der Waals surface area (Å²) in [5, 5.41) is 2.88. The lowest BCUT2D eigenvalue weighted by atomic mass is 10.1. The van der Waals surface area contributed by atoms with Crippen molar-refractivity contribution in [2.24, 2.45) is 0 Å². The van der Waals surface area contributed by atoms with E-state index in [2.05, 4.69) is 23.5 Å². The second-order valence-corrected chi connectivity index (χ2v) is 10.2. The van der Waals surface area contributed by atoms with Crippen LogP contribution in [0.25, 0.3) is 0 Å². The molecule has 0 heterocycles. The predicted octanol–water partition coefficient (Wildman–Crippen LogP) is 4.25. The molecular formula is C22H28N2O3S2. The zero-order chi connectivity index (χ0) is 21.0. The maximum Gasteiger partial charge on any atom is 0.243 e. The minimum absolute atomic E-state index is 0.143. The fraction of sp³-hybridized carbons (Fsp3) is 0.409. The molecule has 3 rings (SSSR count). The van der Waals surface area contributed by atoms with Crippen LogP contribution in [0.2, 0.25) is 0 Å². The number of benzene rings is 2. The summed E-state index contributed by atoms with van der Waals surface area (Å²) in [4.78, 5) is 13.8. The molecule has 0 fully saturated rings. The smallest absolute Gasteiger partial charge is 0.243 e. The third-order valence-corrected chi connectivity index (χ3v) is 8.31. The molecule has 0 unspecified atom stereocenters. The normalized spacial score (nSPS) is 13.5. The van der Waals surface area contributed by atoms with E-state index in [1.54, 1.807) is 18.2 Å². The Bertz CT molecular complexity index is 999. The first kappa shape index (κ1) is 21.9. The van der Waals surface area contributed by atoms with Crippen molar-refractivity contribution >= 4 is 33.4 Å². The number of aryl methyl sites for hydroxylation is 3. The number of carbonyl (C=O) groups excluding carboxylic acids is 1. The molecule has 0 aromatic heterocycles. The molecule has 0 radical (unpaired) electrons. The summed E-state index contributed by atoms with van der Waals surface area (Å²) in [5.74, 6) is 0.140. The lowest BCUT2D eigenvalue weighted by Gasteiger charge is -2.19. The number of amides is 1.